The van der Waals surface area contributed by atoms with Gasteiger partial charge in [0.2, 0.25) is 5.91 Å². The summed E-state index contributed by atoms with van der Waals surface area (Å²) in [6, 6.07) is 12.7. The molecule has 0 spiro atoms. The first-order chi connectivity index (χ1) is 11.1. The number of anilines is 1. The summed E-state index contributed by atoms with van der Waals surface area (Å²) in [5.74, 6) is -0.0772. The highest BCUT2D eigenvalue weighted by Crippen LogP contribution is 2.27. The molecule has 0 bridgehead atoms. The molecule has 0 unspecified atom stereocenters. The number of amides is 1. The molecule has 2 aromatic heterocycles. The molecule has 0 aliphatic heterocycles. The van der Waals surface area contributed by atoms with E-state index in [1.165, 1.54) is 11.3 Å². The number of hydrogen-bond donors (Lipinski definition) is 1. The quantitative estimate of drug-likeness (QED) is 0.766. The van der Waals surface area contributed by atoms with Gasteiger partial charge in [0.05, 0.1) is 17.8 Å². The molecule has 1 N–H and O–H groups in total. The van der Waals surface area contributed by atoms with Crippen LogP contribution in [0, 0.1) is 6.92 Å². The van der Waals surface area contributed by atoms with Crippen LogP contribution in [0.1, 0.15) is 10.6 Å². The Kier molecular flexibility index (Phi) is 4.69. The van der Waals surface area contributed by atoms with Crippen molar-refractivity contribution in [2.75, 3.05) is 5.32 Å². The smallest absolute Gasteiger partial charge is 0.229 e. The summed E-state index contributed by atoms with van der Waals surface area (Å²) in [5.41, 5.74) is 2.42. The predicted octanol–water partition coefficient (Wildman–Crippen LogP) is 4.35. The lowest BCUT2D eigenvalue weighted by Crippen LogP contribution is -2.14. The Morgan fingerprint density at radius 3 is 2.70 bits per heavy atom. The molecule has 0 aliphatic rings. The number of halogens is 1. The van der Waals surface area contributed by atoms with E-state index >= 15 is 0 Å². The van der Waals surface area contributed by atoms with Crippen LogP contribution >= 0.6 is 22.9 Å². The average molecular weight is 344 g/mol. The van der Waals surface area contributed by atoms with Gasteiger partial charge in [0.25, 0.3) is 0 Å². The molecule has 3 aromatic rings. The Morgan fingerprint density at radius 1 is 1.22 bits per heavy atom. The summed E-state index contributed by atoms with van der Waals surface area (Å²) in [5, 5.41) is 4.33. The molecule has 0 saturated carbocycles. The van der Waals surface area contributed by atoms with Crippen molar-refractivity contribution in [2.45, 2.75) is 13.3 Å². The van der Waals surface area contributed by atoms with Gasteiger partial charge < -0.3 is 5.32 Å². The molecule has 1 amide bonds. The maximum Gasteiger partial charge on any atom is 0.229 e. The van der Waals surface area contributed by atoms with E-state index in [1.54, 1.807) is 30.5 Å². The third-order valence-corrected chi connectivity index (χ3v) is 4.66. The molecular formula is C17H14ClN3OS. The lowest BCUT2D eigenvalue weighted by atomic mass is 10.2. The van der Waals surface area contributed by atoms with Crippen LogP contribution in [0.15, 0.2) is 48.7 Å². The highest BCUT2D eigenvalue weighted by molar-refractivity contribution is 7.15. The molecule has 3 rings (SSSR count). The highest BCUT2D eigenvalue weighted by atomic mass is 35.5. The van der Waals surface area contributed by atoms with Crippen molar-refractivity contribution >= 4 is 34.5 Å². The number of pyridine rings is 1. The van der Waals surface area contributed by atoms with Gasteiger partial charge in [-0.05, 0) is 43.3 Å². The summed E-state index contributed by atoms with van der Waals surface area (Å²) < 4.78 is 0. The van der Waals surface area contributed by atoms with Crippen LogP contribution in [0.5, 0.6) is 0 Å². The summed E-state index contributed by atoms with van der Waals surface area (Å²) in [6.45, 7) is 1.91. The second-order valence-corrected chi connectivity index (χ2v) is 6.49. The van der Waals surface area contributed by atoms with Crippen LogP contribution in [-0.4, -0.2) is 15.9 Å². The van der Waals surface area contributed by atoms with E-state index in [0.29, 0.717) is 11.4 Å². The largest absolute Gasteiger partial charge is 0.326 e. The van der Waals surface area contributed by atoms with E-state index in [-0.39, 0.29) is 5.91 Å². The predicted molar refractivity (Wildman–Crippen MR) is 93.9 cm³/mol. The fourth-order valence-corrected chi connectivity index (χ4v) is 3.24. The third-order valence-electron chi connectivity index (χ3n) is 3.23. The second-order valence-electron chi connectivity index (χ2n) is 4.97. The molecule has 0 radical (unpaired) electrons. The number of thiazole rings is 1. The van der Waals surface area contributed by atoms with Gasteiger partial charge in [-0.15, -0.1) is 11.3 Å². The molecule has 0 fully saturated rings. The number of rotatable bonds is 4. The zero-order valence-corrected chi connectivity index (χ0v) is 14.0. The lowest BCUT2D eigenvalue weighted by Gasteiger charge is -2.04. The summed E-state index contributed by atoms with van der Waals surface area (Å²) in [7, 11) is 0. The van der Waals surface area contributed by atoms with Crippen LogP contribution in [0.4, 0.5) is 5.69 Å². The summed E-state index contributed by atoms with van der Waals surface area (Å²) in [6.07, 6.45) is 2.03. The summed E-state index contributed by atoms with van der Waals surface area (Å²) >= 11 is 7.33. The first-order valence-electron chi connectivity index (χ1n) is 7.05. The highest BCUT2D eigenvalue weighted by Gasteiger charge is 2.13. The fraction of sp³-hybridized carbons (Fsp3) is 0.118. The molecule has 0 saturated heterocycles. The number of hydrogen-bond acceptors (Lipinski definition) is 4. The first-order valence-corrected chi connectivity index (χ1v) is 8.24. The van der Waals surface area contributed by atoms with E-state index in [0.717, 1.165) is 27.0 Å². The van der Waals surface area contributed by atoms with E-state index in [2.05, 4.69) is 15.3 Å². The topological polar surface area (TPSA) is 54.9 Å². The van der Waals surface area contributed by atoms with E-state index < -0.39 is 0 Å². The normalized spacial score (nSPS) is 10.5. The van der Waals surface area contributed by atoms with Gasteiger partial charge in [0.1, 0.15) is 5.01 Å². The molecule has 1 aromatic carbocycles. The second kappa shape index (κ2) is 6.89. The van der Waals surface area contributed by atoms with Crippen molar-refractivity contribution in [2.24, 2.45) is 0 Å². The zero-order chi connectivity index (χ0) is 16.2. The SMILES string of the molecule is Cc1nc(-c2ccccn2)sc1CC(=O)Nc1ccc(Cl)cc1. The van der Waals surface area contributed by atoms with Gasteiger partial charge in [-0.3, -0.25) is 9.78 Å². The van der Waals surface area contributed by atoms with Crippen LogP contribution in [0.3, 0.4) is 0 Å². The Bertz CT molecular complexity index is 816. The minimum atomic E-state index is -0.0772. The monoisotopic (exact) mass is 343 g/mol. The molecule has 116 valence electrons. The van der Waals surface area contributed by atoms with Crippen molar-refractivity contribution in [3.05, 3.63) is 64.3 Å². The number of aryl methyl sites for hydroxylation is 1. The fourth-order valence-electron chi connectivity index (χ4n) is 2.08. The van der Waals surface area contributed by atoms with E-state index in [4.69, 9.17) is 11.6 Å². The Labute approximate surface area is 143 Å². The maximum absolute atomic E-state index is 12.2. The number of nitrogens with one attached hydrogen (secondary N) is 1. The van der Waals surface area contributed by atoms with Gasteiger partial charge in [-0.2, -0.15) is 0 Å². The van der Waals surface area contributed by atoms with Crippen molar-refractivity contribution < 1.29 is 4.79 Å². The van der Waals surface area contributed by atoms with Crippen LogP contribution in [0.2, 0.25) is 5.02 Å². The molecule has 23 heavy (non-hydrogen) atoms. The van der Waals surface area contributed by atoms with Gasteiger partial charge >= 0.3 is 0 Å². The van der Waals surface area contributed by atoms with Crippen molar-refractivity contribution in [3.8, 4) is 10.7 Å². The van der Waals surface area contributed by atoms with E-state index in [1.807, 2.05) is 25.1 Å². The molecule has 4 nitrogen and oxygen atoms in total. The number of carbonyl (C=O) groups is 1. The van der Waals surface area contributed by atoms with Crippen molar-refractivity contribution in [3.63, 3.8) is 0 Å². The number of carbonyl (C=O) groups excluding carboxylic acids is 1. The lowest BCUT2D eigenvalue weighted by molar-refractivity contribution is -0.115. The number of aromatic nitrogens is 2. The molecule has 0 atom stereocenters. The van der Waals surface area contributed by atoms with Crippen LogP contribution in [0.25, 0.3) is 10.7 Å². The Balaban J connectivity index is 1.71. The Morgan fingerprint density at radius 2 is 2.00 bits per heavy atom. The zero-order valence-electron chi connectivity index (χ0n) is 12.4. The standard InChI is InChI=1S/C17H14ClN3OS/c1-11-15(23-17(20-11)14-4-2-3-9-19-14)10-16(22)21-13-7-5-12(18)6-8-13/h2-9H,10H2,1H3,(H,21,22). The maximum atomic E-state index is 12.2. The number of benzene rings is 1. The van der Waals surface area contributed by atoms with Gasteiger partial charge in [0, 0.05) is 21.8 Å². The van der Waals surface area contributed by atoms with E-state index in [9.17, 15) is 4.79 Å². The Hall–Kier alpha value is -2.24. The van der Waals surface area contributed by atoms with Gasteiger partial charge in [0.15, 0.2) is 0 Å². The first kappa shape index (κ1) is 15.6. The van der Waals surface area contributed by atoms with Crippen molar-refractivity contribution in [1.29, 1.82) is 0 Å². The minimum absolute atomic E-state index is 0.0772. The minimum Gasteiger partial charge on any atom is -0.326 e. The van der Waals surface area contributed by atoms with Gasteiger partial charge in [-0.25, -0.2) is 4.98 Å². The van der Waals surface area contributed by atoms with Crippen LogP contribution in [-0.2, 0) is 11.2 Å². The third kappa shape index (κ3) is 3.94. The molecule has 0 aliphatic carbocycles. The van der Waals surface area contributed by atoms with Gasteiger partial charge in [-0.1, -0.05) is 17.7 Å². The molecular weight excluding hydrogens is 330 g/mol. The van der Waals surface area contributed by atoms with Crippen molar-refractivity contribution in [1.82, 2.24) is 9.97 Å². The summed E-state index contributed by atoms with van der Waals surface area (Å²) in [4.78, 5) is 21.9. The average Bonchev–Trinajstić information content (AvgIpc) is 2.91. The molecule has 2 heterocycles. The number of nitrogens with zero attached hydrogens (tertiary/aromatic N) is 2. The molecule has 6 heteroatoms. The van der Waals surface area contributed by atoms with Crippen LogP contribution < -0.4 is 5.32 Å².